The Hall–Kier alpha value is -2.95. The molecular weight excluding hydrogens is 424 g/mol. The van der Waals surface area contributed by atoms with E-state index >= 15 is 0 Å². The number of hydrogen-bond acceptors (Lipinski definition) is 3. The van der Waals surface area contributed by atoms with E-state index in [1.54, 1.807) is 6.08 Å². The summed E-state index contributed by atoms with van der Waals surface area (Å²) in [4.78, 5) is 12.0. The minimum Gasteiger partial charge on any atom is -0.463 e. The topological polar surface area (TPSA) is 35.5 Å². The molecule has 0 radical (unpaired) electrons. The van der Waals surface area contributed by atoms with Gasteiger partial charge in [-0.25, -0.2) is 4.79 Å². The molecule has 0 bridgehead atoms. The van der Waals surface area contributed by atoms with Gasteiger partial charge in [-0.15, -0.1) is 0 Å². The Bertz CT molecular complexity index is 1040. The zero-order chi connectivity index (χ0) is 23.9. The van der Waals surface area contributed by atoms with E-state index in [4.69, 9.17) is 9.16 Å². The highest BCUT2D eigenvalue weighted by atomic mass is 28.2. The molecule has 0 heterocycles. The van der Waals surface area contributed by atoms with E-state index in [2.05, 4.69) is 81.4 Å². The fraction of sp³-hybridized carbons (Fsp3) is 0.276. The van der Waals surface area contributed by atoms with Gasteiger partial charge in [0.1, 0.15) is 5.60 Å². The normalized spacial score (nSPS) is 12.8. The quantitative estimate of drug-likeness (QED) is 0.173. The van der Waals surface area contributed by atoms with Crippen LogP contribution in [0.5, 0.6) is 0 Å². The third-order valence-electron chi connectivity index (χ3n) is 5.43. The minimum absolute atomic E-state index is 0.117. The molecular formula is C29H34O3Si. The number of carbonyl (C=O) groups is 1. The summed E-state index contributed by atoms with van der Waals surface area (Å²) in [5, 5.41) is 0.117. The van der Waals surface area contributed by atoms with Crippen LogP contribution in [0, 0.1) is 0 Å². The van der Waals surface area contributed by atoms with Crippen LogP contribution in [0.2, 0.25) is 5.04 Å². The van der Waals surface area contributed by atoms with Crippen LogP contribution in [-0.4, -0.2) is 22.3 Å². The van der Waals surface area contributed by atoms with Crippen molar-refractivity contribution >= 4 is 21.3 Å². The second-order valence-electron chi connectivity index (χ2n) is 9.42. The molecule has 3 rings (SSSR count). The van der Waals surface area contributed by atoms with E-state index in [0.29, 0.717) is 6.61 Å². The van der Waals surface area contributed by atoms with E-state index in [-0.39, 0.29) is 11.0 Å². The van der Waals surface area contributed by atoms with Gasteiger partial charge in [-0.2, -0.15) is 0 Å². The van der Waals surface area contributed by atoms with Gasteiger partial charge in [-0.1, -0.05) is 99.6 Å². The summed E-state index contributed by atoms with van der Waals surface area (Å²) < 4.78 is 12.1. The van der Waals surface area contributed by atoms with Gasteiger partial charge in [0.2, 0.25) is 0 Å². The summed E-state index contributed by atoms with van der Waals surface area (Å²) in [7, 11) is -0.931. The molecule has 0 aliphatic rings. The number of allylic oxidation sites excluding steroid dienone is 1. The molecule has 4 heteroatoms. The molecule has 0 aromatic heterocycles. The maximum atomic E-state index is 12.0. The molecule has 0 saturated carbocycles. The van der Waals surface area contributed by atoms with Gasteiger partial charge in [0.05, 0.1) is 6.61 Å². The van der Waals surface area contributed by atoms with E-state index in [9.17, 15) is 4.79 Å². The predicted octanol–water partition coefficient (Wildman–Crippen LogP) is 6.26. The Morgan fingerprint density at radius 1 is 0.848 bits per heavy atom. The number of carbonyl (C=O) groups excluding carboxylic acids is 1. The van der Waals surface area contributed by atoms with Crippen LogP contribution >= 0.6 is 0 Å². The lowest BCUT2D eigenvalue weighted by atomic mass is 9.79. The highest BCUT2D eigenvalue weighted by Gasteiger charge is 2.38. The molecule has 0 aliphatic heterocycles. The Kier molecular flexibility index (Phi) is 8.06. The number of hydrogen-bond donors (Lipinski definition) is 0. The van der Waals surface area contributed by atoms with Crippen LogP contribution in [0.15, 0.2) is 91.0 Å². The summed E-state index contributed by atoms with van der Waals surface area (Å²) in [5.74, 6) is -0.325. The largest absolute Gasteiger partial charge is 0.463 e. The van der Waals surface area contributed by atoms with Crippen molar-refractivity contribution in [2.24, 2.45) is 0 Å². The zero-order valence-electron chi connectivity index (χ0n) is 20.3. The Balaban J connectivity index is 2.22. The average Bonchev–Trinajstić information content (AvgIpc) is 2.80. The number of ether oxygens (including phenoxy) is 1. The number of benzene rings is 3. The second kappa shape index (κ2) is 10.8. The lowest BCUT2D eigenvalue weighted by Gasteiger charge is -2.38. The highest BCUT2D eigenvalue weighted by Crippen LogP contribution is 2.42. The maximum Gasteiger partial charge on any atom is 0.331 e. The Labute approximate surface area is 200 Å². The molecule has 0 fully saturated rings. The third kappa shape index (κ3) is 6.09. The molecule has 0 atom stereocenters. The van der Waals surface area contributed by atoms with Crippen molar-refractivity contribution in [1.82, 2.24) is 0 Å². The molecule has 3 nitrogen and oxygen atoms in total. The average molecular weight is 459 g/mol. The van der Waals surface area contributed by atoms with Gasteiger partial charge in [-0.3, -0.25) is 0 Å². The first-order valence-corrected chi connectivity index (χ1v) is 12.8. The third-order valence-corrected chi connectivity index (χ3v) is 6.87. The van der Waals surface area contributed by atoms with Crippen molar-refractivity contribution < 1.29 is 14.0 Å². The summed E-state index contributed by atoms with van der Waals surface area (Å²) in [6.45, 7) is 10.8. The molecule has 3 aromatic carbocycles. The fourth-order valence-corrected chi connectivity index (χ4v) is 5.00. The molecule has 0 unspecified atom stereocenters. The molecule has 0 saturated heterocycles. The van der Waals surface area contributed by atoms with Gasteiger partial charge >= 0.3 is 5.97 Å². The lowest BCUT2D eigenvalue weighted by molar-refractivity contribution is -0.137. The van der Waals surface area contributed by atoms with Crippen molar-refractivity contribution in [3.63, 3.8) is 0 Å². The van der Waals surface area contributed by atoms with Crippen molar-refractivity contribution in [3.05, 3.63) is 113 Å². The van der Waals surface area contributed by atoms with Crippen LogP contribution in [0.3, 0.4) is 0 Å². The number of rotatable bonds is 8. The van der Waals surface area contributed by atoms with Gasteiger partial charge in [-0.05, 0) is 52.8 Å². The summed E-state index contributed by atoms with van der Waals surface area (Å²) in [5.41, 5.74) is 4.33. The van der Waals surface area contributed by atoms with Crippen molar-refractivity contribution in [1.29, 1.82) is 0 Å². The first-order valence-electron chi connectivity index (χ1n) is 11.5. The van der Waals surface area contributed by atoms with Crippen LogP contribution in [-0.2, 0) is 19.6 Å². The summed E-state index contributed by atoms with van der Waals surface area (Å²) >= 11 is 0. The molecule has 3 aromatic rings. The summed E-state index contributed by atoms with van der Waals surface area (Å²) in [6, 6.07) is 29.2. The van der Waals surface area contributed by atoms with Crippen molar-refractivity contribution in [2.75, 3.05) is 6.61 Å². The molecule has 0 aliphatic carbocycles. The standard InChI is InChI=1S/C29H34O3Si/c1-6-31-27(30)20-22(2)23-14-13-19-26(21-23)29(32-33-28(3,4)5,24-15-9-7-10-16-24)25-17-11-8-12-18-25/h7-21H,6,33H2,1-5H3. The van der Waals surface area contributed by atoms with Crippen LogP contribution < -0.4 is 0 Å². The molecule has 33 heavy (non-hydrogen) atoms. The van der Waals surface area contributed by atoms with Crippen molar-refractivity contribution in [2.45, 2.75) is 45.3 Å². The van der Waals surface area contributed by atoms with E-state index in [1.807, 2.05) is 38.1 Å². The SMILES string of the molecule is CCOC(=O)C=C(C)c1cccc(C(O[SiH2]C(C)(C)C)(c2ccccc2)c2ccccc2)c1. The number of esters is 1. The second-order valence-corrected chi connectivity index (χ2v) is 12.1. The molecule has 0 N–H and O–H groups in total. The van der Waals surface area contributed by atoms with E-state index in [0.717, 1.165) is 27.8 Å². The van der Waals surface area contributed by atoms with Gasteiger partial charge in [0.15, 0.2) is 9.76 Å². The zero-order valence-corrected chi connectivity index (χ0v) is 21.7. The molecule has 0 amide bonds. The lowest BCUT2D eigenvalue weighted by Crippen LogP contribution is -2.36. The Morgan fingerprint density at radius 3 is 1.91 bits per heavy atom. The van der Waals surface area contributed by atoms with Crippen LogP contribution in [0.1, 0.15) is 56.9 Å². The van der Waals surface area contributed by atoms with Crippen LogP contribution in [0.25, 0.3) is 5.57 Å². The van der Waals surface area contributed by atoms with Gasteiger partial charge in [0, 0.05) is 6.08 Å². The molecule has 172 valence electrons. The smallest absolute Gasteiger partial charge is 0.331 e. The predicted molar refractivity (Wildman–Crippen MR) is 139 cm³/mol. The van der Waals surface area contributed by atoms with E-state index < -0.39 is 15.4 Å². The van der Waals surface area contributed by atoms with E-state index in [1.165, 1.54) is 0 Å². The molecule has 0 spiro atoms. The highest BCUT2D eigenvalue weighted by molar-refractivity contribution is 6.32. The van der Waals surface area contributed by atoms with Crippen molar-refractivity contribution in [3.8, 4) is 0 Å². The van der Waals surface area contributed by atoms with Gasteiger partial charge in [0.25, 0.3) is 0 Å². The first kappa shape index (κ1) is 24.7. The Morgan fingerprint density at radius 2 is 1.39 bits per heavy atom. The monoisotopic (exact) mass is 458 g/mol. The summed E-state index contributed by atoms with van der Waals surface area (Å²) in [6.07, 6.45) is 1.56. The maximum absolute atomic E-state index is 12.0. The van der Waals surface area contributed by atoms with Gasteiger partial charge < -0.3 is 9.16 Å². The minimum atomic E-state index is -0.931. The first-order chi connectivity index (χ1) is 15.8. The van der Waals surface area contributed by atoms with Crippen LogP contribution in [0.4, 0.5) is 0 Å². The fourth-order valence-electron chi connectivity index (χ4n) is 3.85.